The van der Waals surface area contributed by atoms with E-state index in [9.17, 15) is 9.59 Å². The summed E-state index contributed by atoms with van der Waals surface area (Å²) in [5, 5.41) is 2.72. The zero-order valence-electron chi connectivity index (χ0n) is 25.8. The van der Waals surface area contributed by atoms with Gasteiger partial charge in [-0.25, -0.2) is 9.78 Å². The van der Waals surface area contributed by atoms with Gasteiger partial charge in [-0.15, -0.1) is 11.3 Å². The molecule has 222 valence electrons. The second kappa shape index (κ2) is 13.5. The van der Waals surface area contributed by atoms with Gasteiger partial charge in [0.25, 0.3) is 5.91 Å². The molecule has 3 rings (SSSR count). The summed E-state index contributed by atoms with van der Waals surface area (Å²) in [6, 6.07) is 5.21. The molecule has 3 atom stereocenters. The number of methoxy groups -OCH3 is 1. The maximum atomic E-state index is 14.7. The molecule has 0 bridgehead atoms. The van der Waals surface area contributed by atoms with Crippen molar-refractivity contribution in [2.75, 3.05) is 26.9 Å². The molecule has 40 heavy (non-hydrogen) atoms. The lowest BCUT2D eigenvalue weighted by atomic mass is 9.83. The van der Waals surface area contributed by atoms with E-state index in [1.54, 1.807) is 18.2 Å². The van der Waals surface area contributed by atoms with Gasteiger partial charge in [0.05, 0.1) is 26.4 Å². The highest BCUT2D eigenvalue weighted by molar-refractivity contribution is 7.09. The van der Waals surface area contributed by atoms with Crippen molar-refractivity contribution in [3.05, 3.63) is 45.9 Å². The Hall–Kier alpha value is -2.45. The Morgan fingerprint density at radius 1 is 1.18 bits per heavy atom. The fraction of sp³-hybridized carbons (Fsp3) is 0.656. The predicted octanol–water partition coefficient (Wildman–Crippen LogP) is 7.06. The highest BCUT2D eigenvalue weighted by Crippen LogP contribution is 2.51. The Bertz CT molecular complexity index is 1120. The van der Waals surface area contributed by atoms with Gasteiger partial charge in [-0.1, -0.05) is 61.5 Å². The summed E-state index contributed by atoms with van der Waals surface area (Å²) >= 11 is 1.51. The van der Waals surface area contributed by atoms with Gasteiger partial charge in [0, 0.05) is 29.7 Å². The molecule has 0 saturated carbocycles. The fourth-order valence-electron chi connectivity index (χ4n) is 5.74. The number of amides is 1. The zero-order valence-corrected chi connectivity index (χ0v) is 26.6. The number of nitrogens with zero attached hydrogens (tertiary/aromatic N) is 2. The van der Waals surface area contributed by atoms with Gasteiger partial charge in [-0.3, -0.25) is 4.79 Å². The maximum Gasteiger partial charge on any atom is 0.332 e. The largest absolute Gasteiger partial charge is 0.496 e. The zero-order chi connectivity index (χ0) is 29.7. The van der Waals surface area contributed by atoms with Gasteiger partial charge < -0.3 is 19.1 Å². The van der Waals surface area contributed by atoms with E-state index in [1.165, 1.54) is 11.3 Å². The molecule has 7 nitrogen and oxygen atoms in total. The molecule has 0 N–H and O–H groups in total. The van der Waals surface area contributed by atoms with Crippen molar-refractivity contribution in [1.82, 2.24) is 9.88 Å². The topological polar surface area (TPSA) is 78.0 Å². The lowest BCUT2D eigenvalue weighted by Crippen LogP contribution is -2.55. The quantitative estimate of drug-likeness (QED) is 0.200. The van der Waals surface area contributed by atoms with E-state index in [0.29, 0.717) is 44.0 Å². The average Bonchev–Trinajstić information content (AvgIpc) is 3.52. The first-order valence-electron chi connectivity index (χ1n) is 14.5. The van der Waals surface area contributed by atoms with Gasteiger partial charge in [-0.05, 0) is 54.2 Å². The summed E-state index contributed by atoms with van der Waals surface area (Å²) in [4.78, 5) is 35.3. The highest BCUT2D eigenvalue weighted by atomic mass is 32.1. The molecule has 1 aliphatic rings. The van der Waals surface area contributed by atoms with Crippen molar-refractivity contribution in [2.24, 2.45) is 17.8 Å². The van der Waals surface area contributed by atoms with E-state index < -0.39 is 11.6 Å². The SMILES string of the molecule is CCCOCC1CC(CC(C)C)(C(=O)OCC(C)C)N(C(=O)c2ccc(C(C)(C)C)c(OC)c2)C1c1nccs1. The van der Waals surface area contributed by atoms with Crippen molar-refractivity contribution in [1.29, 1.82) is 0 Å². The molecule has 1 amide bonds. The van der Waals surface area contributed by atoms with E-state index in [4.69, 9.17) is 14.2 Å². The number of rotatable bonds is 12. The number of hydrogen-bond acceptors (Lipinski definition) is 7. The average molecular weight is 573 g/mol. The van der Waals surface area contributed by atoms with E-state index in [1.807, 2.05) is 37.4 Å². The number of benzene rings is 1. The van der Waals surface area contributed by atoms with Crippen molar-refractivity contribution in [3.63, 3.8) is 0 Å². The number of hydrogen-bond donors (Lipinski definition) is 0. The summed E-state index contributed by atoms with van der Waals surface area (Å²) in [7, 11) is 1.63. The third kappa shape index (κ3) is 7.06. The van der Waals surface area contributed by atoms with Crippen LogP contribution in [0.15, 0.2) is 29.8 Å². The number of esters is 1. The summed E-state index contributed by atoms with van der Waals surface area (Å²) < 4.78 is 17.7. The number of carbonyl (C=O) groups is 2. The predicted molar refractivity (Wildman–Crippen MR) is 160 cm³/mol. The van der Waals surface area contributed by atoms with Crippen LogP contribution in [0.5, 0.6) is 5.75 Å². The van der Waals surface area contributed by atoms with Crippen LogP contribution in [0.1, 0.15) is 102 Å². The van der Waals surface area contributed by atoms with Gasteiger partial charge in [0.1, 0.15) is 16.3 Å². The maximum absolute atomic E-state index is 14.7. The van der Waals surface area contributed by atoms with Gasteiger partial charge in [0.2, 0.25) is 0 Å². The molecule has 0 radical (unpaired) electrons. The third-order valence-corrected chi connectivity index (χ3v) is 8.17. The van der Waals surface area contributed by atoms with Crippen LogP contribution < -0.4 is 4.74 Å². The molecule has 0 spiro atoms. The molecular formula is C32H48N2O5S. The third-order valence-electron chi connectivity index (χ3n) is 7.32. The van der Waals surface area contributed by atoms with E-state index >= 15 is 0 Å². The van der Waals surface area contributed by atoms with Crippen molar-refractivity contribution >= 4 is 23.2 Å². The molecule has 0 aliphatic carbocycles. The van der Waals surface area contributed by atoms with E-state index in [2.05, 4.69) is 46.5 Å². The van der Waals surface area contributed by atoms with Crippen molar-refractivity contribution in [2.45, 2.75) is 91.6 Å². The van der Waals surface area contributed by atoms with Crippen LogP contribution in [0.3, 0.4) is 0 Å². The molecule has 1 aliphatic heterocycles. The van der Waals surface area contributed by atoms with Crippen LogP contribution in [-0.4, -0.2) is 54.2 Å². The first-order chi connectivity index (χ1) is 18.9. The number of aromatic nitrogens is 1. The second-order valence-corrected chi connectivity index (χ2v) is 13.7. The Morgan fingerprint density at radius 2 is 1.90 bits per heavy atom. The Morgan fingerprint density at radius 3 is 2.45 bits per heavy atom. The molecular weight excluding hydrogens is 524 g/mol. The summed E-state index contributed by atoms with van der Waals surface area (Å²) in [5.74, 6) is 0.302. The van der Waals surface area contributed by atoms with Gasteiger partial charge in [0.15, 0.2) is 0 Å². The molecule has 8 heteroatoms. The van der Waals surface area contributed by atoms with Crippen LogP contribution in [0.2, 0.25) is 0 Å². The fourth-order valence-corrected chi connectivity index (χ4v) is 6.57. The van der Waals surface area contributed by atoms with Gasteiger partial charge in [-0.2, -0.15) is 0 Å². The molecule has 2 heterocycles. The number of likely N-dealkylation sites (tertiary alicyclic amines) is 1. The Labute approximate surface area is 244 Å². The van der Waals surface area contributed by atoms with E-state index in [-0.39, 0.29) is 35.0 Å². The lowest BCUT2D eigenvalue weighted by Gasteiger charge is -2.40. The molecule has 1 aromatic carbocycles. The molecule has 1 saturated heterocycles. The van der Waals surface area contributed by atoms with Crippen LogP contribution in [0.25, 0.3) is 0 Å². The summed E-state index contributed by atoms with van der Waals surface area (Å²) in [6.45, 7) is 18.0. The lowest BCUT2D eigenvalue weighted by molar-refractivity contribution is -0.158. The highest BCUT2D eigenvalue weighted by Gasteiger charge is 2.60. The molecule has 1 aromatic heterocycles. The van der Waals surface area contributed by atoms with Crippen LogP contribution in [0.4, 0.5) is 0 Å². The standard InChI is InChI=1S/C32H48N2O5S/c1-10-14-38-20-24-18-32(17-21(2)3,30(36)39-19-22(4)5)34(27(24)28-33-13-15-40-28)29(35)23-11-12-25(31(6,7)8)26(16-23)37-9/h11-13,15-16,21-22,24,27H,10,14,17-20H2,1-9H3. The minimum absolute atomic E-state index is 0.109. The summed E-state index contributed by atoms with van der Waals surface area (Å²) in [5.41, 5.74) is 0.187. The second-order valence-electron chi connectivity index (χ2n) is 12.8. The molecule has 1 fully saturated rings. The number of ether oxygens (including phenoxy) is 3. The number of thiazole rings is 1. The smallest absolute Gasteiger partial charge is 0.332 e. The van der Waals surface area contributed by atoms with Crippen LogP contribution >= 0.6 is 11.3 Å². The monoisotopic (exact) mass is 572 g/mol. The Kier molecular flexibility index (Phi) is 10.8. The van der Waals surface area contributed by atoms with Crippen molar-refractivity contribution < 1.29 is 23.8 Å². The minimum atomic E-state index is -1.15. The molecule has 3 unspecified atom stereocenters. The minimum Gasteiger partial charge on any atom is -0.496 e. The van der Waals surface area contributed by atoms with Crippen LogP contribution in [0, 0.1) is 17.8 Å². The first kappa shape index (κ1) is 32.1. The number of carbonyl (C=O) groups excluding carboxylic acids is 2. The van der Waals surface area contributed by atoms with Crippen molar-refractivity contribution in [3.8, 4) is 5.75 Å². The van der Waals surface area contributed by atoms with E-state index in [0.717, 1.165) is 17.0 Å². The summed E-state index contributed by atoms with van der Waals surface area (Å²) in [6.07, 6.45) is 3.59. The first-order valence-corrected chi connectivity index (χ1v) is 15.4. The van der Waals surface area contributed by atoms with Crippen LogP contribution in [-0.2, 0) is 19.7 Å². The normalized spacial score (nSPS) is 21.3. The Balaban J connectivity index is 2.21. The molecule has 2 aromatic rings. The van der Waals surface area contributed by atoms with Gasteiger partial charge >= 0.3 is 5.97 Å².